The number of aromatic nitrogens is 2. The Hall–Kier alpha value is -3.71. The quantitative estimate of drug-likeness (QED) is 0.421. The smallest absolute Gasteiger partial charge is 0.227 e. The molecule has 0 saturated carbocycles. The Morgan fingerprint density at radius 1 is 1.09 bits per heavy atom. The number of nitrogens with zero attached hydrogens (tertiary/aromatic N) is 3. The summed E-state index contributed by atoms with van der Waals surface area (Å²) < 4.78 is 21.6. The maximum atomic E-state index is 13.8. The molecular formula is C28H28FN3O3. The van der Waals surface area contributed by atoms with Gasteiger partial charge in [0.25, 0.3) is 0 Å². The molecule has 0 bridgehead atoms. The number of fused-ring (bicyclic) bond motifs is 1. The van der Waals surface area contributed by atoms with Crippen molar-refractivity contribution in [3.63, 3.8) is 0 Å². The number of hydrogen-bond donors (Lipinski definition) is 1. The van der Waals surface area contributed by atoms with Gasteiger partial charge in [0, 0.05) is 24.6 Å². The molecule has 1 N–H and O–H groups in total. The molecule has 180 valence electrons. The minimum absolute atomic E-state index is 0.0715. The first kappa shape index (κ1) is 23.1. The second-order valence-electron chi connectivity index (χ2n) is 9.17. The van der Waals surface area contributed by atoms with Crippen molar-refractivity contribution in [3.8, 4) is 5.75 Å². The van der Waals surface area contributed by atoms with Crippen LogP contribution in [0.4, 0.5) is 10.1 Å². The fourth-order valence-corrected chi connectivity index (χ4v) is 4.63. The third kappa shape index (κ3) is 4.77. The van der Waals surface area contributed by atoms with Crippen LogP contribution in [0, 0.1) is 19.7 Å². The van der Waals surface area contributed by atoms with E-state index in [9.17, 15) is 14.3 Å². The summed E-state index contributed by atoms with van der Waals surface area (Å²) in [6, 6.07) is 19.7. The fourth-order valence-electron chi connectivity index (χ4n) is 4.63. The number of amides is 1. The number of carbonyl (C=O) groups excluding carboxylic acids is 1. The molecule has 7 heteroatoms. The molecule has 1 amide bonds. The lowest BCUT2D eigenvalue weighted by molar-refractivity contribution is -0.117. The zero-order valence-corrected chi connectivity index (χ0v) is 19.8. The SMILES string of the molecule is Cc1ccc(OC[C@@H](O)Cn2c([C@H]3CC(=O)N(c4cccc(F)c4)C3)nc3ccccc32)cc1C. The van der Waals surface area contributed by atoms with E-state index in [1.54, 1.807) is 17.0 Å². The highest BCUT2D eigenvalue weighted by Crippen LogP contribution is 2.33. The Balaban J connectivity index is 1.37. The summed E-state index contributed by atoms with van der Waals surface area (Å²) in [6.07, 6.45) is -0.501. The average Bonchev–Trinajstić information content (AvgIpc) is 3.40. The van der Waals surface area contributed by atoms with E-state index in [0.717, 1.165) is 28.2 Å². The molecule has 5 rings (SSSR count). The van der Waals surface area contributed by atoms with Gasteiger partial charge in [0.05, 0.1) is 17.6 Å². The van der Waals surface area contributed by atoms with Gasteiger partial charge in [-0.05, 0) is 67.4 Å². The van der Waals surface area contributed by atoms with Gasteiger partial charge >= 0.3 is 0 Å². The van der Waals surface area contributed by atoms with Gasteiger partial charge in [0.15, 0.2) is 0 Å². The fraction of sp³-hybridized carbons (Fsp3) is 0.286. The number of aryl methyl sites for hydroxylation is 2. The van der Waals surface area contributed by atoms with Crippen LogP contribution in [-0.4, -0.2) is 39.8 Å². The summed E-state index contributed by atoms with van der Waals surface area (Å²) in [7, 11) is 0. The molecule has 0 spiro atoms. The molecule has 1 aliphatic heterocycles. The van der Waals surface area contributed by atoms with E-state index in [-0.39, 0.29) is 37.2 Å². The van der Waals surface area contributed by atoms with Gasteiger partial charge in [-0.15, -0.1) is 0 Å². The summed E-state index contributed by atoms with van der Waals surface area (Å²) in [4.78, 5) is 19.3. The summed E-state index contributed by atoms with van der Waals surface area (Å²) in [6.45, 7) is 4.89. The van der Waals surface area contributed by atoms with Crippen LogP contribution in [0.5, 0.6) is 5.75 Å². The molecule has 0 unspecified atom stereocenters. The first-order chi connectivity index (χ1) is 16.9. The standard InChI is InChI=1S/C28H28FN3O3/c1-18-10-11-24(12-19(18)2)35-17-23(33)16-32-26-9-4-3-8-25(26)30-28(32)20-13-27(34)31(15-20)22-7-5-6-21(29)14-22/h3-12,14,20,23,33H,13,15-17H2,1-2H3/t20-,23-/m0/s1. The lowest BCUT2D eigenvalue weighted by atomic mass is 10.1. The maximum Gasteiger partial charge on any atom is 0.227 e. The zero-order valence-electron chi connectivity index (χ0n) is 19.8. The number of halogens is 1. The zero-order chi connectivity index (χ0) is 24.5. The molecule has 4 aromatic rings. The van der Waals surface area contributed by atoms with Crippen LogP contribution in [0.2, 0.25) is 0 Å². The monoisotopic (exact) mass is 473 g/mol. The molecule has 2 heterocycles. The molecule has 1 aromatic heterocycles. The third-order valence-corrected chi connectivity index (χ3v) is 6.61. The molecule has 1 aliphatic rings. The lowest BCUT2D eigenvalue weighted by Gasteiger charge is -2.19. The molecule has 35 heavy (non-hydrogen) atoms. The van der Waals surface area contributed by atoms with Crippen LogP contribution >= 0.6 is 0 Å². The van der Waals surface area contributed by atoms with Crippen LogP contribution in [-0.2, 0) is 11.3 Å². The number of hydrogen-bond acceptors (Lipinski definition) is 4. The number of para-hydroxylation sites is 2. The minimum atomic E-state index is -0.774. The van der Waals surface area contributed by atoms with Gasteiger partial charge < -0.3 is 19.3 Å². The second kappa shape index (κ2) is 9.50. The molecule has 0 radical (unpaired) electrons. The Kier molecular flexibility index (Phi) is 6.26. The molecule has 0 aliphatic carbocycles. The second-order valence-corrected chi connectivity index (χ2v) is 9.17. The van der Waals surface area contributed by atoms with Crippen LogP contribution in [0.3, 0.4) is 0 Å². The maximum absolute atomic E-state index is 13.8. The largest absolute Gasteiger partial charge is 0.491 e. The number of aliphatic hydroxyl groups excluding tert-OH is 1. The van der Waals surface area contributed by atoms with Gasteiger partial charge in [-0.2, -0.15) is 0 Å². The number of rotatable bonds is 7. The Bertz CT molecular complexity index is 1380. The van der Waals surface area contributed by atoms with E-state index < -0.39 is 6.10 Å². The highest BCUT2D eigenvalue weighted by molar-refractivity contribution is 5.96. The number of anilines is 1. The molecular weight excluding hydrogens is 445 g/mol. The van der Waals surface area contributed by atoms with Crippen LogP contribution in [0.1, 0.15) is 29.3 Å². The van der Waals surface area contributed by atoms with Crippen molar-refractivity contribution < 1.29 is 19.0 Å². The molecule has 1 fully saturated rings. The molecule has 1 saturated heterocycles. The highest BCUT2D eigenvalue weighted by Gasteiger charge is 2.35. The van der Waals surface area contributed by atoms with Crippen molar-refractivity contribution in [1.29, 1.82) is 0 Å². The number of carbonyl (C=O) groups is 1. The number of imidazole rings is 1. The molecule has 3 aromatic carbocycles. The highest BCUT2D eigenvalue weighted by atomic mass is 19.1. The number of ether oxygens (including phenoxy) is 1. The van der Waals surface area contributed by atoms with Gasteiger partial charge in [0.1, 0.15) is 30.1 Å². The van der Waals surface area contributed by atoms with Crippen molar-refractivity contribution >= 4 is 22.6 Å². The lowest BCUT2D eigenvalue weighted by Crippen LogP contribution is -2.26. The number of benzene rings is 3. The van der Waals surface area contributed by atoms with Gasteiger partial charge in [-0.3, -0.25) is 4.79 Å². The van der Waals surface area contributed by atoms with E-state index in [1.807, 2.05) is 60.9 Å². The first-order valence-corrected chi connectivity index (χ1v) is 11.8. The van der Waals surface area contributed by atoms with E-state index in [1.165, 1.54) is 17.7 Å². The summed E-state index contributed by atoms with van der Waals surface area (Å²) in [5, 5.41) is 10.9. The van der Waals surface area contributed by atoms with Crippen molar-refractivity contribution in [1.82, 2.24) is 9.55 Å². The van der Waals surface area contributed by atoms with E-state index >= 15 is 0 Å². The third-order valence-electron chi connectivity index (χ3n) is 6.61. The molecule has 6 nitrogen and oxygen atoms in total. The van der Waals surface area contributed by atoms with Gasteiger partial charge in [0.2, 0.25) is 5.91 Å². The van der Waals surface area contributed by atoms with E-state index in [2.05, 4.69) is 0 Å². The van der Waals surface area contributed by atoms with Gasteiger partial charge in [-0.1, -0.05) is 24.3 Å². The van der Waals surface area contributed by atoms with Crippen molar-refractivity contribution in [2.24, 2.45) is 0 Å². The average molecular weight is 474 g/mol. The molecule has 2 atom stereocenters. The predicted molar refractivity (Wildman–Crippen MR) is 133 cm³/mol. The summed E-state index contributed by atoms with van der Waals surface area (Å²) in [5.41, 5.74) is 4.56. The summed E-state index contributed by atoms with van der Waals surface area (Å²) in [5.74, 6) is 0.834. The minimum Gasteiger partial charge on any atom is -0.491 e. The van der Waals surface area contributed by atoms with Crippen molar-refractivity contribution in [2.45, 2.75) is 38.8 Å². The van der Waals surface area contributed by atoms with Gasteiger partial charge in [-0.25, -0.2) is 9.37 Å². The van der Waals surface area contributed by atoms with E-state index in [4.69, 9.17) is 9.72 Å². The predicted octanol–water partition coefficient (Wildman–Crippen LogP) is 4.75. The Labute approximate surface area is 203 Å². The summed E-state index contributed by atoms with van der Waals surface area (Å²) >= 11 is 0. The Morgan fingerprint density at radius 2 is 1.91 bits per heavy atom. The van der Waals surface area contributed by atoms with Crippen LogP contribution < -0.4 is 9.64 Å². The van der Waals surface area contributed by atoms with Crippen LogP contribution in [0.25, 0.3) is 11.0 Å². The Morgan fingerprint density at radius 3 is 2.71 bits per heavy atom. The number of aliphatic hydroxyl groups is 1. The van der Waals surface area contributed by atoms with Crippen molar-refractivity contribution in [3.05, 3.63) is 89.5 Å². The first-order valence-electron chi connectivity index (χ1n) is 11.8. The van der Waals surface area contributed by atoms with Crippen molar-refractivity contribution in [2.75, 3.05) is 18.1 Å². The topological polar surface area (TPSA) is 67.6 Å². The van der Waals surface area contributed by atoms with Crippen LogP contribution in [0.15, 0.2) is 66.7 Å². The van der Waals surface area contributed by atoms with E-state index in [0.29, 0.717) is 12.2 Å². The normalized spacial score (nSPS) is 16.7.